The Bertz CT molecular complexity index is 1330. The van der Waals surface area contributed by atoms with Crippen LogP contribution in [0.4, 0.5) is 5.95 Å². The average Bonchev–Trinajstić information content (AvgIpc) is 3.54. The van der Waals surface area contributed by atoms with Gasteiger partial charge >= 0.3 is 0 Å². The molecule has 2 aromatic carbocycles. The van der Waals surface area contributed by atoms with Crippen LogP contribution in [0.1, 0.15) is 28.1 Å². The number of fused-ring (bicyclic) bond motifs is 3. The van der Waals surface area contributed by atoms with E-state index in [4.69, 9.17) is 14.2 Å². The highest BCUT2D eigenvalue weighted by molar-refractivity contribution is 7.10. The quantitative estimate of drug-likeness (QED) is 0.482. The zero-order valence-electron chi connectivity index (χ0n) is 17.5. The summed E-state index contributed by atoms with van der Waals surface area (Å²) in [5.41, 5.74) is 4.06. The summed E-state index contributed by atoms with van der Waals surface area (Å²) in [6.07, 6.45) is 1.23. The number of aromatic nitrogens is 3. The van der Waals surface area contributed by atoms with E-state index in [0.29, 0.717) is 17.4 Å². The third kappa shape index (κ3) is 2.80. The smallest absolute Gasteiger partial charge is 0.226 e. The molecule has 0 radical (unpaired) electrons. The monoisotopic (exact) mass is 444 g/mol. The van der Waals surface area contributed by atoms with E-state index in [0.717, 1.165) is 28.1 Å². The number of nitrogens with one attached hydrogen (secondary N) is 1. The van der Waals surface area contributed by atoms with E-state index < -0.39 is 0 Å². The molecule has 0 spiro atoms. The van der Waals surface area contributed by atoms with Crippen LogP contribution in [0.3, 0.4) is 0 Å². The Labute approximate surface area is 188 Å². The molecule has 0 saturated heterocycles. The van der Waals surface area contributed by atoms with Crippen molar-refractivity contribution in [3.8, 4) is 17.2 Å². The topological polar surface area (TPSA) is 70.4 Å². The molecule has 4 aromatic rings. The number of ether oxygens (including phenoxy) is 3. The van der Waals surface area contributed by atoms with Gasteiger partial charge in [-0.3, -0.25) is 0 Å². The highest BCUT2D eigenvalue weighted by atomic mass is 32.1. The van der Waals surface area contributed by atoms with Crippen LogP contribution >= 0.6 is 11.3 Å². The van der Waals surface area contributed by atoms with E-state index in [1.807, 2.05) is 41.1 Å². The van der Waals surface area contributed by atoms with Crippen molar-refractivity contribution in [1.82, 2.24) is 14.8 Å². The summed E-state index contributed by atoms with van der Waals surface area (Å²) in [5, 5.41) is 10.1. The van der Waals surface area contributed by atoms with Gasteiger partial charge in [-0.05, 0) is 35.7 Å². The third-order valence-corrected chi connectivity index (χ3v) is 6.77. The molecule has 2 aliphatic rings. The minimum absolute atomic E-state index is 0.143. The van der Waals surface area contributed by atoms with E-state index in [-0.39, 0.29) is 12.1 Å². The maximum absolute atomic E-state index is 6.63. The number of rotatable bonds is 4. The molecule has 2 aliphatic heterocycles. The SMILES string of the molecule is COc1ccc([C@H]2Oc3ccccc3C3=C2[C@H](c2cccs2)n2ncnc2N3)cc1OC. The summed E-state index contributed by atoms with van der Waals surface area (Å²) >= 11 is 1.69. The predicted octanol–water partition coefficient (Wildman–Crippen LogP) is 4.92. The van der Waals surface area contributed by atoms with Gasteiger partial charge in [0.05, 0.1) is 19.9 Å². The van der Waals surface area contributed by atoms with Gasteiger partial charge in [-0.2, -0.15) is 10.1 Å². The van der Waals surface area contributed by atoms with Gasteiger partial charge in [-0.1, -0.05) is 24.3 Å². The molecule has 0 unspecified atom stereocenters. The van der Waals surface area contributed by atoms with Crippen molar-refractivity contribution >= 4 is 23.0 Å². The Morgan fingerprint density at radius 2 is 1.91 bits per heavy atom. The maximum Gasteiger partial charge on any atom is 0.226 e. The normalized spacial score (nSPS) is 18.7. The van der Waals surface area contributed by atoms with Crippen LogP contribution in [0.25, 0.3) is 5.70 Å². The van der Waals surface area contributed by atoms with Crippen molar-refractivity contribution in [3.05, 3.63) is 87.9 Å². The molecule has 2 aromatic heterocycles. The number of methoxy groups -OCH3 is 2. The fourth-order valence-corrected chi connectivity index (χ4v) is 5.26. The van der Waals surface area contributed by atoms with Crippen LogP contribution in [0.2, 0.25) is 0 Å². The fraction of sp³-hybridized carbons (Fsp3) is 0.167. The number of nitrogens with zero attached hydrogens (tertiary/aromatic N) is 3. The Balaban J connectivity index is 1.60. The molecule has 2 atom stereocenters. The first-order chi connectivity index (χ1) is 15.8. The Morgan fingerprint density at radius 1 is 1.03 bits per heavy atom. The van der Waals surface area contributed by atoms with Crippen LogP contribution in [0, 0.1) is 0 Å². The second-order valence-corrected chi connectivity index (χ2v) is 8.49. The molecule has 1 N–H and O–H groups in total. The molecular formula is C24H20N4O3S. The fourth-order valence-electron chi connectivity index (χ4n) is 4.43. The molecule has 6 rings (SSSR count). The zero-order valence-corrected chi connectivity index (χ0v) is 18.3. The van der Waals surface area contributed by atoms with E-state index >= 15 is 0 Å². The van der Waals surface area contributed by atoms with Crippen molar-refractivity contribution in [2.24, 2.45) is 0 Å². The molecular weight excluding hydrogens is 424 g/mol. The van der Waals surface area contributed by atoms with E-state index in [1.54, 1.807) is 31.9 Å². The largest absolute Gasteiger partial charge is 0.493 e. The highest BCUT2D eigenvalue weighted by Gasteiger charge is 2.41. The average molecular weight is 445 g/mol. The summed E-state index contributed by atoms with van der Waals surface area (Å²) < 4.78 is 19.6. The van der Waals surface area contributed by atoms with E-state index in [1.165, 1.54) is 4.88 Å². The lowest BCUT2D eigenvalue weighted by molar-refractivity contribution is 0.222. The lowest BCUT2D eigenvalue weighted by Gasteiger charge is -2.38. The van der Waals surface area contributed by atoms with Gasteiger partial charge in [0, 0.05) is 21.6 Å². The maximum atomic E-state index is 6.63. The summed E-state index contributed by atoms with van der Waals surface area (Å²) in [7, 11) is 3.28. The van der Waals surface area contributed by atoms with Crippen LogP contribution in [-0.4, -0.2) is 29.0 Å². The number of hydrogen-bond donors (Lipinski definition) is 1. The summed E-state index contributed by atoms with van der Waals surface area (Å²) in [6.45, 7) is 0. The van der Waals surface area contributed by atoms with Gasteiger partial charge in [0.2, 0.25) is 5.95 Å². The Morgan fingerprint density at radius 3 is 2.72 bits per heavy atom. The molecule has 7 nitrogen and oxygen atoms in total. The van der Waals surface area contributed by atoms with E-state index in [9.17, 15) is 0 Å². The second-order valence-electron chi connectivity index (χ2n) is 7.51. The minimum atomic E-state index is -0.350. The summed E-state index contributed by atoms with van der Waals surface area (Å²) in [5.74, 6) is 2.87. The molecule has 32 heavy (non-hydrogen) atoms. The second kappa shape index (κ2) is 7.42. The number of hydrogen-bond acceptors (Lipinski definition) is 7. The first kappa shape index (κ1) is 18.9. The molecule has 0 saturated carbocycles. The van der Waals surface area contributed by atoms with Crippen molar-refractivity contribution in [2.75, 3.05) is 19.5 Å². The Hall–Kier alpha value is -3.78. The predicted molar refractivity (Wildman–Crippen MR) is 122 cm³/mol. The van der Waals surface area contributed by atoms with Gasteiger partial charge in [0.15, 0.2) is 11.5 Å². The van der Waals surface area contributed by atoms with Gasteiger partial charge < -0.3 is 19.5 Å². The van der Waals surface area contributed by atoms with Crippen molar-refractivity contribution in [1.29, 1.82) is 0 Å². The molecule has 0 amide bonds. The standard InChI is InChI=1S/C24H20N4O3S/c1-29-17-10-9-14(12-18(17)30-2)23-20-21(15-6-3-4-7-16(15)31-23)27-24-25-13-26-28(24)22(20)19-8-5-11-32-19/h3-13,22-23H,1-2H3,(H,25,26,27)/t22-,23+/m0/s1. The van der Waals surface area contributed by atoms with Gasteiger partial charge in [0.25, 0.3) is 0 Å². The lowest BCUT2D eigenvalue weighted by atomic mass is 9.87. The zero-order chi connectivity index (χ0) is 21.7. The highest BCUT2D eigenvalue weighted by Crippen LogP contribution is 2.51. The Kier molecular flexibility index (Phi) is 4.39. The van der Waals surface area contributed by atoms with Crippen molar-refractivity contribution in [3.63, 3.8) is 0 Å². The minimum Gasteiger partial charge on any atom is -0.493 e. The van der Waals surface area contributed by atoms with Gasteiger partial charge in [-0.25, -0.2) is 4.68 Å². The molecule has 0 bridgehead atoms. The van der Waals surface area contributed by atoms with Crippen LogP contribution < -0.4 is 19.5 Å². The number of anilines is 1. The van der Waals surface area contributed by atoms with Crippen LogP contribution in [0.15, 0.2) is 71.9 Å². The number of thiophene rings is 1. The van der Waals surface area contributed by atoms with Crippen molar-refractivity contribution < 1.29 is 14.2 Å². The summed E-state index contributed by atoms with van der Waals surface area (Å²) in [6, 6.07) is 18.0. The van der Waals surface area contributed by atoms with Crippen molar-refractivity contribution in [2.45, 2.75) is 12.1 Å². The van der Waals surface area contributed by atoms with Gasteiger partial charge in [0.1, 0.15) is 24.2 Å². The van der Waals surface area contributed by atoms with Gasteiger partial charge in [-0.15, -0.1) is 11.3 Å². The molecule has 0 aliphatic carbocycles. The lowest BCUT2D eigenvalue weighted by Crippen LogP contribution is -2.32. The molecule has 4 heterocycles. The summed E-state index contributed by atoms with van der Waals surface area (Å²) in [4.78, 5) is 5.63. The van der Waals surface area contributed by atoms with Crippen LogP contribution in [0.5, 0.6) is 17.2 Å². The number of benzene rings is 2. The van der Waals surface area contributed by atoms with E-state index in [2.05, 4.69) is 39.0 Å². The first-order valence-electron chi connectivity index (χ1n) is 10.2. The van der Waals surface area contributed by atoms with Crippen LogP contribution in [-0.2, 0) is 0 Å². The first-order valence-corrected chi connectivity index (χ1v) is 11.1. The molecule has 160 valence electrons. The molecule has 8 heteroatoms. The molecule has 0 fully saturated rings. The third-order valence-electron chi connectivity index (χ3n) is 5.84. The number of para-hydroxylation sites is 1.